The molecule has 0 heterocycles. The van der Waals surface area contributed by atoms with Crippen molar-refractivity contribution in [1.82, 2.24) is 0 Å². The maximum atomic E-state index is 12.2. The number of carbonyl (C=O) groups excluding carboxylic acids is 1. The van der Waals surface area contributed by atoms with E-state index in [1.165, 1.54) is 18.6 Å². The molecule has 0 amide bonds. The predicted octanol–water partition coefficient (Wildman–Crippen LogP) is 6.46. The SMILES string of the molecule is CCC(C)CCl.O=C(Cc1ccc(-c2ccc(O)cc2)cc1)c1ccc(O)cc1. The van der Waals surface area contributed by atoms with E-state index in [4.69, 9.17) is 11.6 Å². The van der Waals surface area contributed by atoms with Crippen molar-refractivity contribution in [2.75, 3.05) is 5.88 Å². The molecule has 0 aromatic heterocycles. The summed E-state index contributed by atoms with van der Waals surface area (Å²) >= 11 is 5.45. The largest absolute Gasteiger partial charge is 0.508 e. The van der Waals surface area contributed by atoms with Crippen LogP contribution in [0.2, 0.25) is 0 Å². The van der Waals surface area contributed by atoms with Gasteiger partial charge in [0.1, 0.15) is 11.5 Å². The summed E-state index contributed by atoms with van der Waals surface area (Å²) in [6, 6.07) is 21.1. The number of hydrogen-bond acceptors (Lipinski definition) is 3. The van der Waals surface area contributed by atoms with E-state index in [-0.39, 0.29) is 17.3 Å². The lowest BCUT2D eigenvalue weighted by molar-refractivity contribution is 0.0993. The molecule has 3 nitrogen and oxygen atoms in total. The van der Waals surface area contributed by atoms with Gasteiger partial charge in [-0.15, -0.1) is 11.6 Å². The van der Waals surface area contributed by atoms with E-state index in [9.17, 15) is 15.0 Å². The highest BCUT2D eigenvalue weighted by Gasteiger charge is 2.07. The van der Waals surface area contributed by atoms with Crippen molar-refractivity contribution in [3.05, 3.63) is 83.9 Å². The molecule has 0 saturated heterocycles. The second-order valence-corrected chi connectivity index (χ2v) is 7.37. The zero-order valence-electron chi connectivity index (χ0n) is 16.8. The molecule has 4 heteroatoms. The summed E-state index contributed by atoms with van der Waals surface area (Å²) in [5.74, 6) is 1.91. The van der Waals surface area contributed by atoms with Crippen molar-refractivity contribution in [3.63, 3.8) is 0 Å². The number of halogens is 1. The maximum absolute atomic E-state index is 12.2. The zero-order chi connectivity index (χ0) is 21.2. The summed E-state index contributed by atoms with van der Waals surface area (Å²) in [7, 11) is 0. The van der Waals surface area contributed by atoms with Gasteiger partial charge in [-0.25, -0.2) is 0 Å². The van der Waals surface area contributed by atoms with E-state index in [1.807, 2.05) is 36.4 Å². The molecule has 0 saturated carbocycles. The highest BCUT2D eigenvalue weighted by atomic mass is 35.5. The molecule has 3 rings (SSSR count). The molecule has 0 aliphatic rings. The number of rotatable bonds is 6. The van der Waals surface area contributed by atoms with Crippen LogP contribution >= 0.6 is 11.6 Å². The third kappa shape index (κ3) is 7.28. The van der Waals surface area contributed by atoms with Gasteiger partial charge in [0.05, 0.1) is 0 Å². The van der Waals surface area contributed by atoms with Crippen LogP contribution in [0, 0.1) is 5.92 Å². The second-order valence-electron chi connectivity index (χ2n) is 7.06. The number of phenols is 2. The lowest BCUT2D eigenvalue weighted by Gasteiger charge is -2.05. The average Bonchev–Trinajstić information content (AvgIpc) is 2.75. The highest BCUT2D eigenvalue weighted by molar-refractivity contribution is 6.18. The van der Waals surface area contributed by atoms with Crippen LogP contribution < -0.4 is 0 Å². The monoisotopic (exact) mass is 410 g/mol. The molecule has 1 unspecified atom stereocenters. The lowest BCUT2D eigenvalue weighted by Crippen LogP contribution is -2.03. The van der Waals surface area contributed by atoms with E-state index < -0.39 is 0 Å². The molecule has 0 fully saturated rings. The van der Waals surface area contributed by atoms with E-state index in [0.29, 0.717) is 17.9 Å². The number of hydrogen-bond donors (Lipinski definition) is 2. The van der Waals surface area contributed by atoms with Crippen LogP contribution in [0.4, 0.5) is 0 Å². The van der Waals surface area contributed by atoms with Crippen LogP contribution in [-0.2, 0) is 6.42 Å². The Kier molecular flexibility index (Phi) is 8.75. The van der Waals surface area contributed by atoms with Crippen LogP contribution in [0.3, 0.4) is 0 Å². The molecular weight excluding hydrogens is 384 g/mol. The van der Waals surface area contributed by atoms with E-state index >= 15 is 0 Å². The Morgan fingerprint density at radius 3 is 1.69 bits per heavy atom. The van der Waals surface area contributed by atoms with Gasteiger partial charge in [0, 0.05) is 17.9 Å². The summed E-state index contributed by atoms with van der Waals surface area (Å²) in [4.78, 5) is 12.2. The molecule has 0 radical (unpaired) electrons. The van der Waals surface area contributed by atoms with Crippen molar-refractivity contribution in [1.29, 1.82) is 0 Å². The lowest BCUT2D eigenvalue weighted by atomic mass is 9.99. The minimum atomic E-state index is 0.0161. The Balaban J connectivity index is 0.000000438. The second kappa shape index (κ2) is 11.3. The first-order chi connectivity index (χ1) is 13.9. The molecule has 0 spiro atoms. The molecule has 2 N–H and O–H groups in total. The van der Waals surface area contributed by atoms with Gasteiger partial charge in [-0.05, 0) is 59.0 Å². The van der Waals surface area contributed by atoms with E-state index in [2.05, 4.69) is 13.8 Å². The summed E-state index contributed by atoms with van der Waals surface area (Å²) in [6.45, 7) is 4.29. The van der Waals surface area contributed by atoms with Crippen LogP contribution in [0.5, 0.6) is 11.5 Å². The molecule has 29 heavy (non-hydrogen) atoms. The van der Waals surface area contributed by atoms with Crippen molar-refractivity contribution >= 4 is 17.4 Å². The van der Waals surface area contributed by atoms with Gasteiger partial charge >= 0.3 is 0 Å². The van der Waals surface area contributed by atoms with E-state index in [1.54, 1.807) is 24.3 Å². The molecule has 1 atom stereocenters. The van der Waals surface area contributed by atoms with Crippen molar-refractivity contribution in [3.8, 4) is 22.6 Å². The van der Waals surface area contributed by atoms with Gasteiger partial charge in [0.2, 0.25) is 0 Å². The number of alkyl halides is 1. The van der Waals surface area contributed by atoms with Crippen LogP contribution in [-0.4, -0.2) is 21.9 Å². The minimum Gasteiger partial charge on any atom is -0.508 e. The Labute approximate surface area is 177 Å². The molecule has 0 bridgehead atoms. The zero-order valence-corrected chi connectivity index (χ0v) is 17.6. The third-order valence-electron chi connectivity index (χ3n) is 4.67. The number of ketones is 1. The Morgan fingerprint density at radius 1 is 0.828 bits per heavy atom. The van der Waals surface area contributed by atoms with Crippen LogP contribution in [0.25, 0.3) is 11.1 Å². The molecule has 0 aliphatic carbocycles. The summed E-state index contributed by atoms with van der Waals surface area (Å²) in [6.07, 6.45) is 1.52. The third-order valence-corrected chi connectivity index (χ3v) is 5.20. The molecule has 0 aliphatic heterocycles. The molecule has 3 aromatic carbocycles. The van der Waals surface area contributed by atoms with Gasteiger partial charge in [-0.2, -0.15) is 0 Å². The van der Waals surface area contributed by atoms with Gasteiger partial charge in [0.15, 0.2) is 5.78 Å². The minimum absolute atomic E-state index is 0.0161. The first-order valence-corrected chi connectivity index (χ1v) is 10.2. The van der Waals surface area contributed by atoms with E-state index in [0.717, 1.165) is 22.6 Å². The highest BCUT2D eigenvalue weighted by Crippen LogP contribution is 2.22. The summed E-state index contributed by atoms with van der Waals surface area (Å²) in [5, 5.41) is 18.6. The first kappa shape index (κ1) is 22.5. The van der Waals surface area contributed by atoms with Gasteiger partial charge in [-0.3, -0.25) is 4.79 Å². The molecular formula is C25H27ClO3. The molecule has 152 valence electrons. The van der Waals surface area contributed by atoms with Crippen molar-refractivity contribution in [2.45, 2.75) is 26.7 Å². The normalized spacial score (nSPS) is 11.3. The Bertz CT molecular complexity index is 881. The van der Waals surface area contributed by atoms with Crippen LogP contribution in [0.1, 0.15) is 36.2 Å². The standard InChI is InChI=1S/C20H16O3.C5H11Cl/c21-18-9-5-16(6-10-18)15-3-1-14(2-4-15)13-20(23)17-7-11-19(22)12-8-17;1-3-5(2)4-6/h1-12,21-22H,13H2;5H,3-4H2,1-2H3. The fourth-order valence-corrected chi connectivity index (χ4v) is 2.73. The van der Waals surface area contributed by atoms with Gasteiger partial charge < -0.3 is 10.2 Å². The summed E-state index contributed by atoms with van der Waals surface area (Å²) < 4.78 is 0. The Morgan fingerprint density at radius 2 is 1.28 bits per heavy atom. The maximum Gasteiger partial charge on any atom is 0.167 e. The smallest absolute Gasteiger partial charge is 0.167 e. The quantitative estimate of drug-likeness (QED) is 0.362. The predicted molar refractivity (Wildman–Crippen MR) is 120 cm³/mol. The van der Waals surface area contributed by atoms with Gasteiger partial charge in [0.25, 0.3) is 0 Å². The summed E-state index contributed by atoms with van der Waals surface area (Å²) in [5.41, 5.74) is 3.57. The fraction of sp³-hybridized carbons (Fsp3) is 0.240. The molecule has 3 aromatic rings. The Hall–Kier alpha value is -2.78. The number of Topliss-reactive ketones (excluding diaryl/α,β-unsaturated/α-hetero) is 1. The number of benzene rings is 3. The number of phenolic OH excluding ortho intramolecular Hbond substituents is 2. The van der Waals surface area contributed by atoms with Crippen molar-refractivity contribution < 1.29 is 15.0 Å². The first-order valence-electron chi connectivity index (χ1n) is 9.69. The van der Waals surface area contributed by atoms with Crippen molar-refractivity contribution in [2.24, 2.45) is 5.92 Å². The average molecular weight is 411 g/mol. The number of aromatic hydroxyl groups is 2. The number of carbonyl (C=O) groups is 1. The fourth-order valence-electron chi connectivity index (χ4n) is 2.51. The topological polar surface area (TPSA) is 57.5 Å². The van der Waals surface area contributed by atoms with Gasteiger partial charge in [-0.1, -0.05) is 56.7 Å². The van der Waals surface area contributed by atoms with Crippen LogP contribution in [0.15, 0.2) is 72.8 Å².